The number of halogens is 2. The van der Waals surface area contributed by atoms with E-state index in [0.29, 0.717) is 32.1 Å². The molecule has 6 rings (SSSR count). The van der Waals surface area contributed by atoms with E-state index in [1.807, 2.05) is 32.3 Å². The van der Waals surface area contributed by atoms with Crippen molar-refractivity contribution in [1.29, 1.82) is 0 Å². The van der Waals surface area contributed by atoms with E-state index in [1.54, 1.807) is 12.3 Å². The third kappa shape index (κ3) is 4.18. The van der Waals surface area contributed by atoms with Crippen molar-refractivity contribution in [3.63, 3.8) is 0 Å². The number of aliphatic hydroxyl groups excluding tert-OH is 1. The Bertz CT molecular complexity index is 1260. The van der Waals surface area contributed by atoms with E-state index < -0.39 is 28.5 Å². The SMILES string of the molecule is CC12CCC3(F)CC4(F)CC(O)CCC4CC[C@]3(O)C1CC=C2c1ccc2cc(=O)[nH]cc2c1.CNC. The van der Waals surface area contributed by atoms with Crippen LogP contribution in [0.1, 0.15) is 70.3 Å². The molecule has 0 bridgehead atoms. The number of aliphatic hydroxyl groups is 2. The van der Waals surface area contributed by atoms with E-state index >= 15 is 8.78 Å². The second-order valence-corrected chi connectivity index (χ2v) is 12.2. The molecule has 4 N–H and O–H groups in total. The van der Waals surface area contributed by atoms with Gasteiger partial charge in [-0.25, -0.2) is 8.78 Å². The van der Waals surface area contributed by atoms with Crippen LogP contribution in [0.25, 0.3) is 16.3 Å². The lowest BCUT2D eigenvalue weighted by Gasteiger charge is -2.56. The van der Waals surface area contributed by atoms with Gasteiger partial charge in [0.2, 0.25) is 5.56 Å². The number of H-pyrrole nitrogens is 1. The van der Waals surface area contributed by atoms with Crippen LogP contribution in [0.15, 0.2) is 41.3 Å². The van der Waals surface area contributed by atoms with Gasteiger partial charge in [0, 0.05) is 31.0 Å². The average molecular weight is 515 g/mol. The number of fused-ring (bicyclic) bond motifs is 5. The normalized spacial score (nSPS) is 40.9. The van der Waals surface area contributed by atoms with Crippen LogP contribution in [0, 0.1) is 17.3 Å². The molecule has 7 atom stereocenters. The van der Waals surface area contributed by atoms with E-state index in [4.69, 9.17) is 0 Å². The molecule has 0 amide bonds. The first-order chi connectivity index (χ1) is 17.5. The molecule has 1 aromatic heterocycles. The fourth-order valence-electron chi connectivity index (χ4n) is 8.14. The molecule has 0 radical (unpaired) electrons. The molecule has 7 heteroatoms. The summed E-state index contributed by atoms with van der Waals surface area (Å²) in [5.74, 6) is -0.630. The van der Waals surface area contributed by atoms with Crippen molar-refractivity contribution in [3.8, 4) is 0 Å². The Kier molecular flexibility index (Phi) is 6.65. The van der Waals surface area contributed by atoms with Crippen LogP contribution in [0.5, 0.6) is 0 Å². The van der Waals surface area contributed by atoms with Gasteiger partial charge in [0.05, 0.1) is 6.10 Å². The number of benzene rings is 1. The first-order valence-electron chi connectivity index (χ1n) is 13.7. The third-order valence-corrected chi connectivity index (χ3v) is 9.99. The van der Waals surface area contributed by atoms with E-state index in [9.17, 15) is 15.0 Å². The maximum absolute atomic E-state index is 16.8. The number of pyridine rings is 1. The van der Waals surface area contributed by atoms with E-state index in [-0.39, 0.29) is 43.1 Å². The van der Waals surface area contributed by atoms with Crippen LogP contribution in [0.4, 0.5) is 8.78 Å². The van der Waals surface area contributed by atoms with Crippen molar-refractivity contribution >= 4 is 16.3 Å². The number of aromatic amines is 1. The molecule has 0 spiro atoms. The monoisotopic (exact) mass is 514 g/mol. The summed E-state index contributed by atoms with van der Waals surface area (Å²) in [6.45, 7) is 2.12. The average Bonchev–Trinajstić information content (AvgIpc) is 3.15. The van der Waals surface area contributed by atoms with Gasteiger partial charge in [-0.3, -0.25) is 4.79 Å². The summed E-state index contributed by atoms with van der Waals surface area (Å²) in [5, 5.41) is 26.8. The van der Waals surface area contributed by atoms with Crippen molar-refractivity contribution in [3.05, 3.63) is 52.5 Å². The lowest BCUT2D eigenvalue weighted by atomic mass is 9.52. The van der Waals surface area contributed by atoms with Crippen molar-refractivity contribution in [2.45, 2.75) is 87.8 Å². The number of aromatic nitrogens is 1. The molecule has 0 saturated heterocycles. The Morgan fingerprint density at radius 2 is 1.81 bits per heavy atom. The minimum absolute atomic E-state index is 0.0238. The summed E-state index contributed by atoms with van der Waals surface area (Å²) in [6.07, 6.45) is 5.80. The molecule has 2 aromatic rings. The van der Waals surface area contributed by atoms with E-state index in [1.165, 1.54) is 0 Å². The highest BCUT2D eigenvalue weighted by Gasteiger charge is 2.69. The van der Waals surface area contributed by atoms with Crippen molar-refractivity contribution in [2.24, 2.45) is 17.3 Å². The van der Waals surface area contributed by atoms with Crippen LogP contribution in [0.2, 0.25) is 0 Å². The lowest BCUT2D eigenvalue weighted by Crippen LogP contribution is -2.63. The van der Waals surface area contributed by atoms with Gasteiger partial charge in [-0.2, -0.15) is 0 Å². The zero-order valence-corrected chi connectivity index (χ0v) is 22.1. The molecular weight excluding hydrogens is 474 g/mol. The van der Waals surface area contributed by atoms with Gasteiger partial charge in [0.1, 0.15) is 16.9 Å². The van der Waals surface area contributed by atoms with Gasteiger partial charge in [-0.1, -0.05) is 25.1 Å². The fraction of sp³-hybridized carbons (Fsp3) is 0.633. The Labute approximate surface area is 217 Å². The Hall–Kier alpha value is -2.09. The topological polar surface area (TPSA) is 85.3 Å². The largest absolute Gasteiger partial charge is 0.393 e. The number of rotatable bonds is 1. The minimum atomic E-state index is -2.00. The number of allylic oxidation sites excluding steroid dienone is 2. The second-order valence-electron chi connectivity index (χ2n) is 12.2. The predicted octanol–water partition coefficient (Wildman–Crippen LogP) is 5.06. The standard InChI is InChI=1S/C28H33F2NO3.C2H7N/c1-25-10-11-27(30)16-26(29)14-21(32)5-4-20(26)8-9-28(27,34)23(25)7-6-22(25)18-3-2-17-13-24(33)31-15-19(17)12-18;1-3-2/h2-3,6,12-13,15,20-21,23,32,34H,4-5,7-11,14,16H2,1H3,(H,31,33);3H,1-2H3/t20?,21?,23?,25?,26?,27?,28-;/m0./s1. The zero-order valence-electron chi connectivity index (χ0n) is 22.1. The molecule has 5 nitrogen and oxygen atoms in total. The quantitative estimate of drug-likeness (QED) is 0.429. The van der Waals surface area contributed by atoms with E-state index in [0.717, 1.165) is 21.9 Å². The first-order valence-corrected chi connectivity index (χ1v) is 13.7. The summed E-state index contributed by atoms with van der Waals surface area (Å²) in [7, 11) is 3.75. The molecule has 1 heterocycles. The Morgan fingerprint density at radius 3 is 2.57 bits per heavy atom. The first kappa shape index (κ1) is 26.5. The van der Waals surface area contributed by atoms with Crippen LogP contribution in [-0.4, -0.2) is 52.3 Å². The molecule has 4 aliphatic carbocycles. The van der Waals surface area contributed by atoms with Gasteiger partial charge < -0.3 is 20.5 Å². The smallest absolute Gasteiger partial charge is 0.248 e. The number of alkyl halides is 2. The van der Waals surface area contributed by atoms with Crippen LogP contribution < -0.4 is 10.9 Å². The fourth-order valence-corrected chi connectivity index (χ4v) is 8.14. The predicted molar refractivity (Wildman–Crippen MR) is 143 cm³/mol. The summed E-state index contributed by atoms with van der Waals surface area (Å²) >= 11 is 0. The lowest BCUT2D eigenvalue weighted by molar-refractivity contribution is -0.201. The maximum Gasteiger partial charge on any atom is 0.248 e. The highest BCUT2D eigenvalue weighted by Crippen LogP contribution is 2.67. The molecule has 6 unspecified atom stereocenters. The summed E-state index contributed by atoms with van der Waals surface area (Å²) in [4.78, 5) is 14.4. The summed E-state index contributed by atoms with van der Waals surface area (Å²) < 4.78 is 32.9. The van der Waals surface area contributed by atoms with Crippen molar-refractivity contribution in [2.75, 3.05) is 14.1 Å². The summed E-state index contributed by atoms with van der Waals surface area (Å²) in [6, 6.07) is 7.55. The van der Waals surface area contributed by atoms with Gasteiger partial charge in [-0.05, 0) is 98.3 Å². The van der Waals surface area contributed by atoms with Gasteiger partial charge >= 0.3 is 0 Å². The van der Waals surface area contributed by atoms with Crippen LogP contribution in [0.3, 0.4) is 0 Å². The highest BCUT2D eigenvalue weighted by atomic mass is 19.2. The molecule has 1 aromatic carbocycles. The number of nitrogens with one attached hydrogen (secondary N) is 2. The van der Waals surface area contributed by atoms with Crippen molar-refractivity contribution < 1.29 is 19.0 Å². The van der Waals surface area contributed by atoms with Crippen LogP contribution >= 0.6 is 0 Å². The minimum Gasteiger partial charge on any atom is -0.393 e. The van der Waals surface area contributed by atoms with Gasteiger partial charge in [0.15, 0.2) is 0 Å². The Balaban J connectivity index is 0.000000892. The molecule has 3 fully saturated rings. The molecule has 202 valence electrons. The Morgan fingerprint density at radius 1 is 1.05 bits per heavy atom. The van der Waals surface area contributed by atoms with E-state index in [2.05, 4.69) is 23.3 Å². The molecule has 0 aliphatic heterocycles. The maximum atomic E-state index is 16.8. The number of hydrogen-bond acceptors (Lipinski definition) is 4. The number of hydrogen-bond donors (Lipinski definition) is 4. The van der Waals surface area contributed by atoms with Gasteiger partial charge in [0.25, 0.3) is 0 Å². The molecule has 37 heavy (non-hydrogen) atoms. The van der Waals surface area contributed by atoms with Gasteiger partial charge in [-0.15, -0.1) is 0 Å². The van der Waals surface area contributed by atoms with Crippen LogP contribution in [-0.2, 0) is 0 Å². The zero-order chi connectivity index (χ0) is 26.6. The molecule has 4 aliphatic rings. The van der Waals surface area contributed by atoms with Crippen molar-refractivity contribution in [1.82, 2.24) is 10.3 Å². The second kappa shape index (κ2) is 9.28. The summed E-state index contributed by atoms with van der Waals surface area (Å²) in [5.41, 5.74) is -3.78. The molecule has 3 saturated carbocycles. The third-order valence-electron chi connectivity index (χ3n) is 9.99. The molecular formula is C30H40F2N2O3. The highest BCUT2D eigenvalue weighted by molar-refractivity contribution is 5.87.